The van der Waals surface area contributed by atoms with Crippen LogP contribution in [0.1, 0.15) is 0 Å². The van der Waals surface area contributed by atoms with Crippen LogP contribution >= 0.6 is 11.6 Å². The fourth-order valence-electron chi connectivity index (χ4n) is 1.98. The van der Waals surface area contributed by atoms with Gasteiger partial charge in [0, 0.05) is 22.0 Å². The third-order valence-corrected chi connectivity index (χ3v) is 3.15. The number of halogens is 1. The molecule has 0 unspecified atom stereocenters. The first-order valence-corrected chi connectivity index (χ1v) is 6.79. The molecule has 0 aliphatic carbocycles. The van der Waals surface area contributed by atoms with Crippen molar-refractivity contribution in [3.05, 3.63) is 65.9 Å². The Balaban J connectivity index is 1.90. The predicted octanol–water partition coefficient (Wildman–Crippen LogP) is 4.12. The van der Waals surface area contributed by atoms with E-state index in [0.717, 1.165) is 16.9 Å². The van der Waals surface area contributed by atoms with Crippen LogP contribution in [0, 0.1) is 0 Å². The van der Waals surface area contributed by atoms with E-state index in [9.17, 15) is 0 Å². The Morgan fingerprint density at radius 2 is 1.86 bits per heavy atom. The number of anilines is 3. The van der Waals surface area contributed by atoms with Gasteiger partial charge in [-0.15, -0.1) is 0 Å². The van der Waals surface area contributed by atoms with Gasteiger partial charge in [-0.25, -0.2) is 4.98 Å². The van der Waals surface area contributed by atoms with Gasteiger partial charge >= 0.3 is 0 Å². The van der Waals surface area contributed by atoms with Gasteiger partial charge in [0.1, 0.15) is 5.82 Å². The fourth-order valence-corrected chi connectivity index (χ4v) is 2.17. The summed E-state index contributed by atoms with van der Waals surface area (Å²) < 4.78 is 0. The highest BCUT2D eigenvalue weighted by molar-refractivity contribution is 6.30. The molecule has 0 fully saturated rings. The van der Waals surface area contributed by atoms with Gasteiger partial charge < -0.3 is 11.1 Å². The molecule has 104 valence electrons. The largest absolute Gasteiger partial charge is 0.399 e. The number of nitrogens with one attached hydrogen (secondary N) is 1. The van der Waals surface area contributed by atoms with E-state index in [1.165, 1.54) is 0 Å². The topological polar surface area (TPSA) is 63.8 Å². The molecule has 3 aromatic rings. The first-order valence-electron chi connectivity index (χ1n) is 6.41. The minimum Gasteiger partial charge on any atom is -0.399 e. The molecule has 0 aliphatic heterocycles. The average Bonchev–Trinajstić information content (AvgIpc) is 2.47. The molecule has 0 bridgehead atoms. The molecule has 1 heterocycles. The molecule has 0 atom stereocenters. The van der Waals surface area contributed by atoms with Gasteiger partial charge in [0.15, 0.2) is 0 Å². The summed E-state index contributed by atoms with van der Waals surface area (Å²) >= 11 is 5.97. The lowest BCUT2D eigenvalue weighted by molar-refractivity contribution is 1.20. The predicted molar refractivity (Wildman–Crippen MR) is 86.6 cm³/mol. The van der Waals surface area contributed by atoms with Crippen molar-refractivity contribution in [3.63, 3.8) is 0 Å². The van der Waals surface area contributed by atoms with Gasteiger partial charge in [-0.3, -0.25) is 4.98 Å². The van der Waals surface area contributed by atoms with Crippen molar-refractivity contribution in [3.8, 4) is 11.3 Å². The molecule has 2 aromatic carbocycles. The molecule has 5 heteroatoms. The summed E-state index contributed by atoms with van der Waals surface area (Å²) in [5.74, 6) is 0.650. The number of nitrogens with two attached hydrogens (primary N) is 1. The minimum atomic E-state index is 0.650. The molecule has 3 N–H and O–H groups in total. The molecule has 21 heavy (non-hydrogen) atoms. The minimum absolute atomic E-state index is 0.650. The van der Waals surface area contributed by atoms with Crippen molar-refractivity contribution in [2.45, 2.75) is 0 Å². The Labute approximate surface area is 127 Å². The van der Waals surface area contributed by atoms with E-state index in [1.54, 1.807) is 12.4 Å². The fraction of sp³-hybridized carbons (Fsp3) is 0. The molecule has 0 saturated carbocycles. The maximum atomic E-state index is 5.97. The van der Waals surface area contributed by atoms with E-state index in [1.807, 2.05) is 48.5 Å². The highest BCUT2D eigenvalue weighted by Gasteiger charge is 2.03. The van der Waals surface area contributed by atoms with Crippen LogP contribution in [0.3, 0.4) is 0 Å². The van der Waals surface area contributed by atoms with E-state index in [4.69, 9.17) is 17.3 Å². The van der Waals surface area contributed by atoms with E-state index >= 15 is 0 Å². The van der Waals surface area contributed by atoms with Crippen molar-refractivity contribution in [2.24, 2.45) is 0 Å². The van der Waals surface area contributed by atoms with Gasteiger partial charge in [-0.1, -0.05) is 29.8 Å². The Morgan fingerprint density at radius 1 is 1.00 bits per heavy atom. The van der Waals surface area contributed by atoms with Crippen LogP contribution in [-0.2, 0) is 0 Å². The Morgan fingerprint density at radius 3 is 2.67 bits per heavy atom. The lowest BCUT2D eigenvalue weighted by Crippen LogP contribution is -1.96. The van der Waals surface area contributed by atoms with Gasteiger partial charge in [0.05, 0.1) is 18.1 Å². The molecule has 1 aromatic heterocycles. The van der Waals surface area contributed by atoms with Crippen LogP contribution in [-0.4, -0.2) is 9.97 Å². The summed E-state index contributed by atoms with van der Waals surface area (Å²) in [7, 11) is 0. The third kappa shape index (κ3) is 3.30. The number of benzene rings is 2. The second-order valence-corrected chi connectivity index (χ2v) is 4.99. The van der Waals surface area contributed by atoms with Crippen molar-refractivity contribution in [1.29, 1.82) is 0 Å². The highest BCUT2D eigenvalue weighted by Crippen LogP contribution is 2.22. The molecule has 0 saturated heterocycles. The SMILES string of the molecule is Nc1cccc(-c2cncc(Nc3cccc(Cl)c3)n2)c1. The first-order chi connectivity index (χ1) is 10.2. The second-order valence-electron chi connectivity index (χ2n) is 4.55. The molecule has 0 amide bonds. The number of rotatable bonds is 3. The Kier molecular flexibility index (Phi) is 3.71. The van der Waals surface area contributed by atoms with Crippen LogP contribution < -0.4 is 11.1 Å². The van der Waals surface area contributed by atoms with Crippen LogP contribution in [0.5, 0.6) is 0 Å². The molecule has 3 rings (SSSR count). The normalized spacial score (nSPS) is 10.3. The first kappa shape index (κ1) is 13.4. The smallest absolute Gasteiger partial charge is 0.149 e. The summed E-state index contributed by atoms with van der Waals surface area (Å²) in [6.45, 7) is 0. The zero-order chi connectivity index (χ0) is 14.7. The van der Waals surface area contributed by atoms with Crippen LogP contribution in [0.2, 0.25) is 5.02 Å². The van der Waals surface area contributed by atoms with Crippen molar-refractivity contribution in [2.75, 3.05) is 11.1 Å². The van der Waals surface area contributed by atoms with E-state index in [2.05, 4.69) is 15.3 Å². The molecule has 0 spiro atoms. The number of hydrogen-bond donors (Lipinski definition) is 2. The molecular formula is C16H13ClN4. The van der Waals surface area contributed by atoms with E-state index in [0.29, 0.717) is 16.5 Å². The summed E-state index contributed by atoms with van der Waals surface area (Å²) in [6.07, 6.45) is 3.37. The zero-order valence-electron chi connectivity index (χ0n) is 11.1. The number of nitrogen functional groups attached to an aromatic ring is 1. The monoisotopic (exact) mass is 296 g/mol. The van der Waals surface area contributed by atoms with Gasteiger partial charge in [0.2, 0.25) is 0 Å². The molecule has 4 nitrogen and oxygen atoms in total. The van der Waals surface area contributed by atoms with Crippen molar-refractivity contribution < 1.29 is 0 Å². The second kappa shape index (κ2) is 5.81. The lowest BCUT2D eigenvalue weighted by Gasteiger charge is -2.07. The van der Waals surface area contributed by atoms with Gasteiger partial charge in [-0.05, 0) is 30.3 Å². The van der Waals surface area contributed by atoms with Crippen molar-refractivity contribution >= 4 is 28.8 Å². The Hall–Kier alpha value is -2.59. The maximum absolute atomic E-state index is 5.97. The summed E-state index contributed by atoms with van der Waals surface area (Å²) in [4.78, 5) is 8.75. The lowest BCUT2D eigenvalue weighted by atomic mass is 10.1. The molecule has 0 radical (unpaired) electrons. The van der Waals surface area contributed by atoms with Crippen LogP contribution in [0.15, 0.2) is 60.9 Å². The third-order valence-electron chi connectivity index (χ3n) is 2.91. The van der Waals surface area contributed by atoms with E-state index < -0.39 is 0 Å². The summed E-state index contributed by atoms with van der Waals surface area (Å²) in [5.41, 5.74) is 9.04. The van der Waals surface area contributed by atoms with E-state index in [-0.39, 0.29) is 0 Å². The van der Waals surface area contributed by atoms with Crippen LogP contribution in [0.4, 0.5) is 17.2 Å². The van der Waals surface area contributed by atoms with Crippen molar-refractivity contribution in [1.82, 2.24) is 9.97 Å². The maximum Gasteiger partial charge on any atom is 0.149 e. The van der Waals surface area contributed by atoms with Gasteiger partial charge in [-0.2, -0.15) is 0 Å². The molecule has 0 aliphatic rings. The summed E-state index contributed by atoms with van der Waals surface area (Å²) in [6, 6.07) is 15.0. The quantitative estimate of drug-likeness (QED) is 0.714. The van der Waals surface area contributed by atoms with Gasteiger partial charge in [0.25, 0.3) is 0 Å². The number of aromatic nitrogens is 2. The van der Waals surface area contributed by atoms with Crippen LogP contribution in [0.25, 0.3) is 11.3 Å². The number of hydrogen-bond acceptors (Lipinski definition) is 4. The number of nitrogens with zero attached hydrogens (tertiary/aromatic N) is 2. The highest BCUT2D eigenvalue weighted by atomic mass is 35.5. The standard InChI is InChI=1S/C16H13ClN4/c17-12-4-2-6-14(8-12)20-16-10-19-9-15(21-16)11-3-1-5-13(18)7-11/h1-10H,18H2,(H,20,21). The molecular weight excluding hydrogens is 284 g/mol. The summed E-state index contributed by atoms with van der Waals surface area (Å²) in [5, 5.41) is 3.85. The Bertz CT molecular complexity index is 773. The zero-order valence-corrected chi connectivity index (χ0v) is 11.9. The average molecular weight is 297 g/mol.